The molecule has 3 aromatic rings. The first-order chi connectivity index (χ1) is 18.9. The molecule has 0 aliphatic rings. The third-order valence-corrected chi connectivity index (χ3v) is 7.09. The van der Waals surface area contributed by atoms with Crippen LogP contribution in [0.5, 0.6) is 0 Å². The van der Waals surface area contributed by atoms with Gasteiger partial charge in [0.25, 0.3) is 0 Å². The fraction of sp³-hybridized carbons (Fsp3) is 0.375. The third kappa shape index (κ3) is 8.89. The summed E-state index contributed by atoms with van der Waals surface area (Å²) < 4.78 is 26.5. The molecule has 0 radical (unpaired) electrons. The Bertz CT molecular complexity index is 1290. The van der Waals surface area contributed by atoms with Crippen molar-refractivity contribution in [2.24, 2.45) is 0 Å². The highest BCUT2D eigenvalue weighted by atomic mass is 79.9. The van der Waals surface area contributed by atoms with E-state index in [4.69, 9.17) is 15.2 Å². The Balaban J connectivity index is 1.40. The number of carbonyl (C=O) groups excluding carboxylic acids is 2. The average molecular weight is 614 g/mol. The molecular weight excluding hydrogens is 575 g/mol. The Hall–Kier alpha value is -3.23. The van der Waals surface area contributed by atoms with Crippen LogP contribution >= 0.6 is 15.9 Å². The van der Waals surface area contributed by atoms with E-state index < -0.39 is 17.6 Å². The summed E-state index contributed by atoms with van der Waals surface area (Å²) in [5.41, 5.74) is 7.82. The van der Waals surface area contributed by atoms with Gasteiger partial charge in [0.15, 0.2) is 0 Å². The molecule has 0 bridgehead atoms. The number of nitrogens with two attached hydrogens (primary N) is 1. The fourth-order valence-electron chi connectivity index (χ4n) is 3.95. The quantitative estimate of drug-likeness (QED) is 0.126. The third-order valence-electron chi connectivity index (χ3n) is 6.43. The van der Waals surface area contributed by atoms with Crippen LogP contribution < -0.4 is 11.1 Å². The molecule has 3 aromatic carbocycles. The minimum absolute atomic E-state index is 0.0867. The van der Waals surface area contributed by atoms with E-state index in [1.54, 1.807) is 36.4 Å². The zero-order chi connectivity index (χ0) is 29.3. The second-order valence-electron chi connectivity index (χ2n) is 10.9. The smallest absolute Gasteiger partial charge is 0.348 e. The van der Waals surface area contributed by atoms with Crippen molar-refractivity contribution in [2.45, 2.75) is 64.7 Å². The van der Waals surface area contributed by atoms with Crippen molar-refractivity contribution >= 4 is 33.6 Å². The maximum absolute atomic E-state index is 15.3. The van der Waals surface area contributed by atoms with Gasteiger partial charge in [0.05, 0.1) is 24.5 Å². The van der Waals surface area contributed by atoms with Crippen LogP contribution in [0.1, 0.15) is 68.4 Å². The molecule has 1 atom stereocenters. The summed E-state index contributed by atoms with van der Waals surface area (Å²) >= 11 is 3.42. The van der Waals surface area contributed by atoms with E-state index in [1.807, 2.05) is 30.3 Å². The van der Waals surface area contributed by atoms with Crippen molar-refractivity contribution in [3.05, 3.63) is 87.9 Å². The number of benzene rings is 3. The Labute approximate surface area is 244 Å². The number of rotatable bonds is 12. The first-order valence-electron chi connectivity index (χ1n) is 13.4. The lowest BCUT2D eigenvalue weighted by Crippen LogP contribution is -2.35. The molecule has 3 N–H and O–H groups in total. The van der Waals surface area contributed by atoms with Crippen LogP contribution in [0.25, 0.3) is 11.1 Å². The number of esters is 2. The Morgan fingerprint density at radius 2 is 1.48 bits per heavy atom. The monoisotopic (exact) mass is 612 g/mol. The first kappa shape index (κ1) is 31.3. The molecule has 3 rings (SSSR count). The van der Waals surface area contributed by atoms with Crippen molar-refractivity contribution in [1.29, 1.82) is 0 Å². The lowest BCUT2D eigenvalue weighted by atomic mass is 9.95. The van der Waals surface area contributed by atoms with Crippen LogP contribution in [-0.2, 0) is 26.5 Å². The van der Waals surface area contributed by atoms with Crippen LogP contribution in [0.15, 0.2) is 71.2 Å². The van der Waals surface area contributed by atoms with E-state index in [0.29, 0.717) is 41.5 Å². The molecule has 0 aromatic heterocycles. The molecule has 0 fully saturated rings. The summed E-state index contributed by atoms with van der Waals surface area (Å²) in [6, 6.07) is 20.0. The van der Waals surface area contributed by atoms with E-state index in [1.165, 1.54) is 6.92 Å². The van der Waals surface area contributed by atoms with E-state index in [2.05, 4.69) is 42.0 Å². The number of nitrogens with one attached hydrogen (secondary N) is 1. The lowest BCUT2D eigenvalue weighted by Gasteiger charge is -2.21. The maximum Gasteiger partial charge on any atom is 0.348 e. The molecule has 0 amide bonds. The van der Waals surface area contributed by atoms with E-state index in [-0.39, 0.29) is 24.3 Å². The summed E-state index contributed by atoms with van der Waals surface area (Å²) in [6.07, 6.45) is 1.77. The number of ether oxygens (including phenoxy) is 2. The summed E-state index contributed by atoms with van der Waals surface area (Å²) in [5, 5.41) is 3.37. The van der Waals surface area contributed by atoms with Crippen LogP contribution in [0.3, 0.4) is 0 Å². The van der Waals surface area contributed by atoms with Gasteiger partial charge in [-0.2, -0.15) is 0 Å². The Morgan fingerprint density at radius 1 is 0.875 bits per heavy atom. The van der Waals surface area contributed by atoms with Crippen LogP contribution in [-0.4, -0.2) is 30.7 Å². The predicted octanol–water partition coefficient (Wildman–Crippen LogP) is 7.34. The molecular formula is C32H38BrFN2O4. The summed E-state index contributed by atoms with van der Waals surface area (Å²) in [4.78, 5) is 25.0. The van der Waals surface area contributed by atoms with Gasteiger partial charge in [0.1, 0.15) is 0 Å². The van der Waals surface area contributed by atoms with Gasteiger partial charge in [-0.1, -0.05) is 54.6 Å². The highest BCUT2D eigenvalue weighted by Crippen LogP contribution is 2.30. The number of nitrogen functional groups attached to an aromatic ring is 1. The van der Waals surface area contributed by atoms with Gasteiger partial charge in [0, 0.05) is 22.1 Å². The molecule has 0 aliphatic carbocycles. The Morgan fingerprint density at radius 3 is 2.10 bits per heavy atom. The van der Waals surface area contributed by atoms with Gasteiger partial charge in [-0.3, -0.25) is 0 Å². The Kier molecular flexibility index (Phi) is 10.9. The van der Waals surface area contributed by atoms with E-state index in [0.717, 1.165) is 16.7 Å². The molecule has 8 heteroatoms. The zero-order valence-corrected chi connectivity index (χ0v) is 25.1. The summed E-state index contributed by atoms with van der Waals surface area (Å²) in [6.45, 7) is 8.20. The number of unbranched alkanes of at least 4 members (excludes halogenated alkanes) is 2. The first-order valence-corrected chi connectivity index (χ1v) is 14.2. The highest BCUT2D eigenvalue weighted by Gasteiger charge is 2.36. The van der Waals surface area contributed by atoms with Crippen LogP contribution in [0.2, 0.25) is 0 Å². The fourth-order valence-corrected chi connectivity index (χ4v) is 4.45. The molecule has 0 aliphatic heterocycles. The largest absolute Gasteiger partial charge is 0.463 e. The molecule has 0 saturated heterocycles. The summed E-state index contributed by atoms with van der Waals surface area (Å²) in [5.74, 6) is -1.35. The number of halogens is 2. The summed E-state index contributed by atoms with van der Waals surface area (Å²) in [7, 11) is 0. The highest BCUT2D eigenvalue weighted by molar-refractivity contribution is 9.10. The minimum atomic E-state index is -2.25. The second kappa shape index (κ2) is 13.9. The SMILES string of the molecule is CC(C)(C)NCc1cc(C(=O)OCCCCCOC(=O)C(C)(F)c2ccc(-c3ccccc3)cc2)cc(Br)c1N. The lowest BCUT2D eigenvalue weighted by molar-refractivity contribution is -0.157. The topological polar surface area (TPSA) is 90.6 Å². The van der Waals surface area contributed by atoms with E-state index >= 15 is 4.39 Å². The second-order valence-corrected chi connectivity index (χ2v) is 11.8. The van der Waals surface area contributed by atoms with Gasteiger partial charge in [0.2, 0.25) is 5.67 Å². The van der Waals surface area contributed by atoms with Gasteiger partial charge in [-0.05, 0) is 91.7 Å². The molecule has 0 saturated carbocycles. The molecule has 0 heterocycles. The molecule has 0 spiro atoms. The van der Waals surface area contributed by atoms with Crippen molar-refractivity contribution in [1.82, 2.24) is 5.32 Å². The van der Waals surface area contributed by atoms with Crippen molar-refractivity contribution in [3.63, 3.8) is 0 Å². The number of anilines is 1. The molecule has 1 unspecified atom stereocenters. The molecule has 214 valence electrons. The van der Waals surface area contributed by atoms with Gasteiger partial charge >= 0.3 is 11.9 Å². The molecule has 40 heavy (non-hydrogen) atoms. The maximum atomic E-state index is 15.3. The predicted molar refractivity (Wildman–Crippen MR) is 161 cm³/mol. The van der Waals surface area contributed by atoms with Crippen LogP contribution in [0.4, 0.5) is 10.1 Å². The average Bonchev–Trinajstić information content (AvgIpc) is 2.93. The standard InChI is InChI=1S/C32H38BrFN2O4/c1-31(2,3)36-21-25-19-24(20-27(33)28(25)35)29(37)39-17-9-6-10-18-40-30(38)32(4,34)26-15-13-23(14-16-26)22-11-7-5-8-12-22/h5,7-8,11-16,19-20,36H,6,9-10,17-18,21,35H2,1-4H3. The van der Waals surface area contributed by atoms with Gasteiger partial charge < -0.3 is 20.5 Å². The van der Waals surface area contributed by atoms with Crippen molar-refractivity contribution < 1.29 is 23.5 Å². The normalized spacial score (nSPS) is 12.9. The number of carbonyl (C=O) groups is 2. The van der Waals surface area contributed by atoms with Crippen LogP contribution in [0, 0.1) is 0 Å². The van der Waals surface area contributed by atoms with Gasteiger partial charge in [-0.25, -0.2) is 14.0 Å². The zero-order valence-electron chi connectivity index (χ0n) is 23.6. The van der Waals surface area contributed by atoms with Crippen molar-refractivity contribution in [2.75, 3.05) is 18.9 Å². The van der Waals surface area contributed by atoms with Gasteiger partial charge in [-0.15, -0.1) is 0 Å². The molecule has 6 nitrogen and oxygen atoms in total. The van der Waals surface area contributed by atoms with Crippen molar-refractivity contribution in [3.8, 4) is 11.1 Å². The minimum Gasteiger partial charge on any atom is -0.463 e. The number of hydrogen-bond acceptors (Lipinski definition) is 6. The number of hydrogen-bond donors (Lipinski definition) is 2. The number of alkyl halides is 1. The van der Waals surface area contributed by atoms with E-state index in [9.17, 15) is 9.59 Å².